The van der Waals surface area contributed by atoms with Crippen molar-refractivity contribution in [2.45, 2.75) is 6.92 Å². The fraction of sp³-hybridized carbons (Fsp3) is 0.125. The van der Waals surface area contributed by atoms with Crippen molar-refractivity contribution in [3.8, 4) is 0 Å². The zero-order chi connectivity index (χ0) is 16.8. The Morgan fingerprint density at radius 1 is 1.13 bits per heavy atom. The Bertz CT molecular complexity index is 743. The lowest BCUT2D eigenvalue weighted by atomic mass is 10.1. The number of anilines is 1. The number of benzene rings is 2. The van der Waals surface area contributed by atoms with E-state index in [1.165, 1.54) is 12.1 Å². The molecule has 0 saturated carbocycles. The van der Waals surface area contributed by atoms with E-state index in [0.717, 1.165) is 6.07 Å². The van der Waals surface area contributed by atoms with Gasteiger partial charge in [0.05, 0.1) is 17.1 Å². The van der Waals surface area contributed by atoms with Gasteiger partial charge in [0.25, 0.3) is 11.6 Å². The molecule has 7 nitrogen and oxygen atoms in total. The molecule has 1 N–H and O–H groups in total. The number of nitro groups is 1. The van der Waals surface area contributed by atoms with Crippen molar-refractivity contribution in [1.29, 1.82) is 0 Å². The third-order valence-electron chi connectivity index (χ3n) is 2.99. The van der Waals surface area contributed by atoms with Gasteiger partial charge in [-0.25, -0.2) is 4.79 Å². The van der Waals surface area contributed by atoms with E-state index < -0.39 is 16.8 Å². The van der Waals surface area contributed by atoms with Gasteiger partial charge in [-0.3, -0.25) is 14.9 Å². The Hall–Kier alpha value is -3.22. The molecule has 0 saturated heterocycles. The smallest absolute Gasteiger partial charge is 0.338 e. The van der Waals surface area contributed by atoms with Crippen LogP contribution in [0.1, 0.15) is 27.6 Å². The molecule has 0 radical (unpaired) electrons. The Morgan fingerprint density at radius 3 is 2.43 bits per heavy atom. The number of rotatable bonds is 5. The maximum Gasteiger partial charge on any atom is 0.338 e. The van der Waals surface area contributed by atoms with Crippen molar-refractivity contribution < 1.29 is 19.2 Å². The topological polar surface area (TPSA) is 98.5 Å². The van der Waals surface area contributed by atoms with Crippen molar-refractivity contribution in [2.75, 3.05) is 11.9 Å². The molecule has 118 valence electrons. The SMILES string of the molecule is CCOC(=O)c1ccc([N+](=O)[O-])c(NC(=O)c2ccccc2)c1. The van der Waals surface area contributed by atoms with Crippen LogP contribution in [0.2, 0.25) is 0 Å². The summed E-state index contributed by atoms with van der Waals surface area (Å²) in [6.45, 7) is 1.84. The number of hydrogen-bond acceptors (Lipinski definition) is 5. The van der Waals surface area contributed by atoms with Crippen LogP contribution in [-0.2, 0) is 4.74 Å². The minimum absolute atomic E-state index is 0.0607. The van der Waals surface area contributed by atoms with Gasteiger partial charge < -0.3 is 10.1 Å². The van der Waals surface area contributed by atoms with E-state index in [9.17, 15) is 19.7 Å². The van der Waals surface area contributed by atoms with E-state index in [1.54, 1.807) is 37.3 Å². The number of amides is 1. The number of esters is 1. The highest BCUT2D eigenvalue weighted by molar-refractivity contribution is 6.06. The second kappa shape index (κ2) is 7.17. The fourth-order valence-corrected chi connectivity index (χ4v) is 1.92. The Kier molecular flexibility index (Phi) is 5.03. The van der Waals surface area contributed by atoms with Crippen LogP contribution >= 0.6 is 0 Å². The summed E-state index contributed by atoms with van der Waals surface area (Å²) < 4.78 is 4.85. The first-order chi connectivity index (χ1) is 11.0. The van der Waals surface area contributed by atoms with Gasteiger partial charge in [-0.15, -0.1) is 0 Å². The highest BCUT2D eigenvalue weighted by atomic mass is 16.6. The first-order valence-electron chi connectivity index (χ1n) is 6.85. The molecule has 2 aromatic carbocycles. The van der Waals surface area contributed by atoms with Crippen molar-refractivity contribution in [2.24, 2.45) is 0 Å². The molecule has 0 atom stereocenters. The van der Waals surface area contributed by atoms with Crippen LogP contribution in [0.3, 0.4) is 0 Å². The van der Waals surface area contributed by atoms with E-state index in [0.29, 0.717) is 5.56 Å². The first-order valence-corrected chi connectivity index (χ1v) is 6.85. The maximum atomic E-state index is 12.1. The maximum absolute atomic E-state index is 12.1. The minimum Gasteiger partial charge on any atom is -0.462 e. The van der Waals surface area contributed by atoms with Crippen LogP contribution in [0.15, 0.2) is 48.5 Å². The fourth-order valence-electron chi connectivity index (χ4n) is 1.92. The molecule has 23 heavy (non-hydrogen) atoms. The zero-order valence-corrected chi connectivity index (χ0v) is 12.3. The van der Waals surface area contributed by atoms with Crippen molar-refractivity contribution in [3.63, 3.8) is 0 Å². The molecule has 7 heteroatoms. The van der Waals surface area contributed by atoms with Crippen LogP contribution < -0.4 is 5.32 Å². The van der Waals surface area contributed by atoms with Gasteiger partial charge in [-0.1, -0.05) is 18.2 Å². The van der Waals surface area contributed by atoms with Gasteiger partial charge in [0.1, 0.15) is 5.69 Å². The molecule has 2 aromatic rings. The van der Waals surface area contributed by atoms with Gasteiger partial charge in [-0.05, 0) is 31.2 Å². The lowest BCUT2D eigenvalue weighted by molar-refractivity contribution is -0.383. The summed E-state index contributed by atoms with van der Waals surface area (Å²) in [7, 11) is 0. The van der Waals surface area contributed by atoms with Crippen molar-refractivity contribution in [3.05, 3.63) is 69.8 Å². The number of carbonyl (C=O) groups excluding carboxylic acids is 2. The number of ether oxygens (including phenoxy) is 1. The van der Waals surface area contributed by atoms with Crippen LogP contribution in [0.4, 0.5) is 11.4 Å². The first kappa shape index (κ1) is 16.2. The van der Waals surface area contributed by atoms with Gasteiger partial charge in [0.2, 0.25) is 0 Å². The second-order valence-electron chi connectivity index (χ2n) is 4.53. The molecule has 0 heterocycles. The largest absolute Gasteiger partial charge is 0.462 e. The molecule has 1 amide bonds. The number of hydrogen-bond donors (Lipinski definition) is 1. The number of nitro benzene ring substituents is 1. The molecule has 0 bridgehead atoms. The Morgan fingerprint density at radius 2 is 1.83 bits per heavy atom. The number of nitrogens with zero attached hydrogens (tertiary/aromatic N) is 1. The summed E-state index contributed by atoms with van der Waals surface area (Å²) in [6, 6.07) is 11.9. The standard InChI is InChI=1S/C16H14N2O5/c1-2-23-16(20)12-8-9-14(18(21)22)13(10-12)17-15(19)11-6-4-3-5-7-11/h3-10H,2H2,1H3,(H,17,19). The third-order valence-corrected chi connectivity index (χ3v) is 2.99. The summed E-state index contributed by atoms with van der Waals surface area (Å²) in [6.07, 6.45) is 0. The predicted molar refractivity (Wildman–Crippen MR) is 83.4 cm³/mol. The summed E-state index contributed by atoms with van der Waals surface area (Å²) >= 11 is 0. The normalized spacial score (nSPS) is 9.96. The van der Waals surface area contributed by atoms with E-state index >= 15 is 0 Å². The molecule has 0 aliphatic carbocycles. The lowest BCUT2D eigenvalue weighted by Gasteiger charge is -2.08. The van der Waals surface area contributed by atoms with Gasteiger partial charge in [0.15, 0.2) is 0 Å². The number of nitrogens with one attached hydrogen (secondary N) is 1. The van der Waals surface area contributed by atoms with Crippen molar-refractivity contribution in [1.82, 2.24) is 0 Å². The monoisotopic (exact) mass is 314 g/mol. The molecular formula is C16H14N2O5. The van der Waals surface area contributed by atoms with E-state index in [4.69, 9.17) is 4.74 Å². The average Bonchev–Trinajstić information content (AvgIpc) is 2.55. The molecule has 2 rings (SSSR count). The molecule has 0 fully saturated rings. The number of carbonyl (C=O) groups is 2. The molecule has 0 aliphatic heterocycles. The van der Waals surface area contributed by atoms with Crippen LogP contribution in [-0.4, -0.2) is 23.4 Å². The predicted octanol–water partition coefficient (Wildman–Crippen LogP) is 3.02. The molecule has 0 aromatic heterocycles. The highest BCUT2D eigenvalue weighted by Crippen LogP contribution is 2.26. The third kappa shape index (κ3) is 3.91. The van der Waals surface area contributed by atoms with Crippen LogP contribution in [0.25, 0.3) is 0 Å². The van der Waals surface area contributed by atoms with Gasteiger partial charge in [0, 0.05) is 11.6 Å². The average molecular weight is 314 g/mol. The molecule has 0 aliphatic rings. The van der Waals surface area contributed by atoms with Crippen LogP contribution in [0.5, 0.6) is 0 Å². The molecule has 0 spiro atoms. The van der Waals surface area contributed by atoms with E-state index in [1.807, 2.05) is 0 Å². The lowest BCUT2D eigenvalue weighted by Crippen LogP contribution is -2.14. The minimum atomic E-state index is -0.629. The van der Waals surface area contributed by atoms with E-state index in [-0.39, 0.29) is 23.5 Å². The zero-order valence-electron chi connectivity index (χ0n) is 12.3. The summed E-state index contributed by atoms with van der Waals surface area (Å²) in [5.41, 5.74) is 0.112. The highest BCUT2D eigenvalue weighted by Gasteiger charge is 2.19. The summed E-state index contributed by atoms with van der Waals surface area (Å²) in [4.78, 5) is 34.3. The van der Waals surface area contributed by atoms with Crippen LogP contribution in [0, 0.1) is 10.1 Å². The van der Waals surface area contributed by atoms with Gasteiger partial charge in [-0.2, -0.15) is 0 Å². The van der Waals surface area contributed by atoms with E-state index in [2.05, 4.69) is 5.32 Å². The van der Waals surface area contributed by atoms with Gasteiger partial charge >= 0.3 is 5.97 Å². The molecular weight excluding hydrogens is 300 g/mol. The van der Waals surface area contributed by atoms with Crippen molar-refractivity contribution >= 4 is 23.3 Å². The molecule has 0 unspecified atom stereocenters. The second-order valence-corrected chi connectivity index (χ2v) is 4.53. The Balaban J connectivity index is 2.34. The quantitative estimate of drug-likeness (QED) is 0.519. The summed E-state index contributed by atoms with van der Waals surface area (Å²) in [5, 5.41) is 13.5. The Labute approximate surface area is 132 Å². The summed E-state index contributed by atoms with van der Waals surface area (Å²) in [5.74, 6) is -1.12.